The van der Waals surface area contributed by atoms with Gasteiger partial charge in [0.05, 0.1) is 0 Å². The molecule has 0 unspecified atom stereocenters. The number of hydrogen-bond acceptors (Lipinski definition) is 5. The third-order valence-electron chi connectivity index (χ3n) is 3.14. The van der Waals surface area contributed by atoms with E-state index in [0.29, 0.717) is 5.82 Å². The van der Waals surface area contributed by atoms with Crippen molar-refractivity contribution in [3.05, 3.63) is 12.2 Å². The number of nitrogens with zero attached hydrogens (tertiary/aromatic N) is 5. The first-order chi connectivity index (χ1) is 8.66. The lowest BCUT2D eigenvalue weighted by atomic mass is 10.3. The fourth-order valence-electron chi connectivity index (χ4n) is 1.97. The van der Waals surface area contributed by atoms with Crippen LogP contribution in [0.4, 0.5) is 0 Å². The Morgan fingerprint density at radius 1 is 1.39 bits per heavy atom. The summed E-state index contributed by atoms with van der Waals surface area (Å²) in [6.45, 7) is 5.47. The number of aromatic nitrogens is 3. The van der Waals surface area contributed by atoms with Crippen LogP contribution in [0.25, 0.3) is 0 Å². The Morgan fingerprint density at radius 3 is 2.67 bits per heavy atom. The molecule has 7 nitrogen and oxygen atoms in total. The second-order valence-electron chi connectivity index (χ2n) is 4.77. The van der Waals surface area contributed by atoms with E-state index in [4.69, 9.17) is 0 Å². The number of carbonyl (C=O) groups is 1. The molecule has 7 heteroatoms. The molecule has 2 heterocycles. The predicted molar refractivity (Wildman–Crippen MR) is 67.3 cm³/mol. The summed E-state index contributed by atoms with van der Waals surface area (Å²) in [4.78, 5) is 22.3. The minimum absolute atomic E-state index is 0.0558. The molecule has 1 amide bonds. The molecular formula is C11H20N6O. The molecule has 1 aromatic rings. The summed E-state index contributed by atoms with van der Waals surface area (Å²) in [5, 5.41) is 6.32. The SMILES string of the molecule is CN(C)CCN1CCN(C(=O)c2ncn[nH]2)CC1. The van der Waals surface area contributed by atoms with Gasteiger partial charge < -0.3 is 9.80 Å². The Morgan fingerprint density at radius 2 is 2.11 bits per heavy atom. The first-order valence-electron chi connectivity index (χ1n) is 6.18. The van der Waals surface area contributed by atoms with Crippen molar-refractivity contribution in [2.24, 2.45) is 0 Å². The Kier molecular flexibility index (Phi) is 4.27. The molecule has 1 saturated heterocycles. The van der Waals surface area contributed by atoms with E-state index in [1.54, 1.807) is 0 Å². The van der Waals surface area contributed by atoms with E-state index in [1.807, 2.05) is 4.90 Å². The quantitative estimate of drug-likeness (QED) is 0.754. The average molecular weight is 252 g/mol. The summed E-state index contributed by atoms with van der Waals surface area (Å²) in [6.07, 6.45) is 1.36. The molecule has 0 spiro atoms. The Balaban J connectivity index is 1.78. The van der Waals surface area contributed by atoms with E-state index in [9.17, 15) is 4.79 Å². The summed E-state index contributed by atoms with van der Waals surface area (Å²) in [5.74, 6) is 0.275. The molecule has 0 bridgehead atoms. The fourth-order valence-corrected chi connectivity index (χ4v) is 1.97. The number of amides is 1. The predicted octanol–water partition coefficient (Wildman–Crippen LogP) is -0.876. The molecule has 0 aromatic carbocycles. The van der Waals surface area contributed by atoms with Crippen molar-refractivity contribution >= 4 is 5.91 Å². The van der Waals surface area contributed by atoms with Crippen LogP contribution in [0, 0.1) is 0 Å². The highest BCUT2D eigenvalue weighted by Gasteiger charge is 2.23. The van der Waals surface area contributed by atoms with Gasteiger partial charge in [0.25, 0.3) is 5.91 Å². The third kappa shape index (κ3) is 3.27. The van der Waals surface area contributed by atoms with Crippen LogP contribution in [0.5, 0.6) is 0 Å². The van der Waals surface area contributed by atoms with Crippen molar-refractivity contribution in [3.63, 3.8) is 0 Å². The van der Waals surface area contributed by atoms with Gasteiger partial charge in [0.2, 0.25) is 5.82 Å². The van der Waals surface area contributed by atoms with Crippen LogP contribution in [0.15, 0.2) is 6.33 Å². The number of nitrogens with one attached hydrogen (secondary N) is 1. The lowest BCUT2D eigenvalue weighted by molar-refractivity contribution is 0.0618. The van der Waals surface area contributed by atoms with E-state index in [2.05, 4.69) is 39.1 Å². The van der Waals surface area contributed by atoms with Crippen molar-refractivity contribution in [2.75, 3.05) is 53.4 Å². The van der Waals surface area contributed by atoms with Gasteiger partial charge >= 0.3 is 0 Å². The number of hydrogen-bond donors (Lipinski definition) is 1. The number of carbonyl (C=O) groups excluding carboxylic acids is 1. The normalized spacial score (nSPS) is 17.4. The van der Waals surface area contributed by atoms with Crippen LogP contribution in [0.1, 0.15) is 10.6 Å². The van der Waals surface area contributed by atoms with Gasteiger partial charge in [0.1, 0.15) is 6.33 Å². The second-order valence-corrected chi connectivity index (χ2v) is 4.77. The molecule has 2 rings (SSSR count). The van der Waals surface area contributed by atoms with Gasteiger partial charge in [-0.3, -0.25) is 14.8 Å². The van der Waals surface area contributed by atoms with E-state index < -0.39 is 0 Å². The van der Waals surface area contributed by atoms with Crippen LogP contribution in [-0.4, -0.2) is 89.2 Å². The molecule has 1 aliphatic rings. The molecule has 0 saturated carbocycles. The van der Waals surface area contributed by atoms with Crippen molar-refractivity contribution < 1.29 is 4.79 Å². The van der Waals surface area contributed by atoms with Crippen LogP contribution in [-0.2, 0) is 0 Å². The molecule has 1 aliphatic heterocycles. The smallest absolute Gasteiger partial charge is 0.291 e. The number of piperazine rings is 1. The lowest BCUT2D eigenvalue weighted by Crippen LogP contribution is -2.50. The molecule has 0 aliphatic carbocycles. The Hall–Kier alpha value is -1.47. The Labute approximate surface area is 107 Å². The number of likely N-dealkylation sites (N-methyl/N-ethyl adjacent to an activating group) is 1. The minimum Gasteiger partial charge on any atom is -0.333 e. The molecule has 1 aromatic heterocycles. The first-order valence-corrected chi connectivity index (χ1v) is 6.18. The van der Waals surface area contributed by atoms with Crippen LogP contribution < -0.4 is 0 Å². The molecule has 0 radical (unpaired) electrons. The maximum absolute atomic E-state index is 12.0. The van der Waals surface area contributed by atoms with Crippen LogP contribution in [0.2, 0.25) is 0 Å². The molecular weight excluding hydrogens is 232 g/mol. The lowest BCUT2D eigenvalue weighted by Gasteiger charge is -2.34. The largest absolute Gasteiger partial charge is 0.333 e. The van der Waals surface area contributed by atoms with E-state index in [-0.39, 0.29) is 5.91 Å². The maximum atomic E-state index is 12.0. The maximum Gasteiger partial charge on any atom is 0.291 e. The minimum atomic E-state index is -0.0558. The molecule has 18 heavy (non-hydrogen) atoms. The summed E-state index contributed by atoms with van der Waals surface area (Å²) < 4.78 is 0. The summed E-state index contributed by atoms with van der Waals surface area (Å²) in [5.41, 5.74) is 0. The standard InChI is InChI=1S/C11H20N6O/c1-15(2)3-4-16-5-7-17(8-6-16)11(18)10-12-9-13-14-10/h9H,3-8H2,1-2H3,(H,12,13,14). The number of aromatic amines is 1. The van der Waals surface area contributed by atoms with Crippen LogP contribution in [0.3, 0.4) is 0 Å². The van der Waals surface area contributed by atoms with Crippen molar-refractivity contribution in [1.82, 2.24) is 29.9 Å². The molecule has 100 valence electrons. The first kappa shape index (κ1) is 13.0. The van der Waals surface area contributed by atoms with Crippen LogP contribution >= 0.6 is 0 Å². The highest BCUT2D eigenvalue weighted by molar-refractivity contribution is 5.90. The zero-order valence-electron chi connectivity index (χ0n) is 11.0. The number of H-pyrrole nitrogens is 1. The van der Waals surface area contributed by atoms with Gasteiger partial charge in [-0.2, -0.15) is 5.10 Å². The Bertz CT molecular complexity index is 369. The average Bonchev–Trinajstić information content (AvgIpc) is 2.90. The highest BCUT2D eigenvalue weighted by Crippen LogP contribution is 2.05. The molecule has 1 N–H and O–H groups in total. The van der Waals surface area contributed by atoms with E-state index >= 15 is 0 Å². The molecule has 0 atom stereocenters. The molecule has 1 fully saturated rings. The van der Waals surface area contributed by atoms with E-state index in [0.717, 1.165) is 39.3 Å². The second kappa shape index (κ2) is 5.92. The highest BCUT2D eigenvalue weighted by atomic mass is 16.2. The van der Waals surface area contributed by atoms with Crippen molar-refractivity contribution in [2.45, 2.75) is 0 Å². The third-order valence-corrected chi connectivity index (χ3v) is 3.14. The van der Waals surface area contributed by atoms with Gasteiger partial charge in [-0.25, -0.2) is 4.98 Å². The number of rotatable bonds is 4. The zero-order valence-corrected chi connectivity index (χ0v) is 11.0. The van der Waals surface area contributed by atoms with E-state index in [1.165, 1.54) is 6.33 Å². The fraction of sp³-hybridized carbons (Fsp3) is 0.727. The zero-order chi connectivity index (χ0) is 13.0. The van der Waals surface area contributed by atoms with Gasteiger partial charge in [0.15, 0.2) is 0 Å². The summed E-state index contributed by atoms with van der Waals surface area (Å²) in [6, 6.07) is 0. The topological polar surface area (TPSA) is 68.4 Å². The van der Waals surface area contributed by atoms with Gasteiger partial charge in [0, 0.05) is 39.3 Å². The van der Waals surface area contributed by atoms with Gasteiger partial charge in [-0.1, -0.05) is 0 Å². The summed E-state index contributed by atoms with van der Waals surface area (Å²) >= 11 is 0. The monoisotopic (exact) mass is 252 g/mol. The summed E-state index contributed by atoms with van der Waals surface area (Å²) in [7, 11) is 4.15. The van der Waals surface area contributed by atoms with Gasteiger partial charge in [-0.05, 0) is 14.1 Å². The van der Waals surface area contributed by atoms with Crippen molar-refractivity contribution in [1.29, 1.82) is 0 Å². The van der Waals surface area contributed by atoms with Gasteiger partial charge in [-0.15, -0.1) is 0 Å². The van der Waals surface area contributed by atoms with Crippen molar-refractivity contribution in [3.8, 4) is 0 Å².